The van der Waals surface area contributed by atoms with Crippen molar-refractivity contribution in [2.75, 3.05) is 0 Å². The van der Waals surface area contributed by atoms with E-state index in [2.05, 4.69) is 4.98 Å². The Morgan fingerprint density at radius 2 is 2.18 bits per heavy atom. The Labute approximate surface area is 108 Å². The van der Waals surface area contributed by atoms with Gasteiger partial charge in [-0.1, -0.05) is 0 Å². The zero-order valence-electron chi connectivity index (χ0n) is 6.65. The first kappa shape index (κ1) is 14.0. The molecule has 0 aromatic carbocycles. The van der Waals surface area contributed by atoms with E-state index < -0.39 is 0 Å². The van der Waals surface area contributed by atoms with E-state index in [-0.39, 0.29) is 56.9 Å². The first-order valence-electron chi connectivity index (χ1n) is 2.73. The predicted octanol–water partition coefficient (Wildman–Crippen LogP) is -1.79. The van der Waals surface area contributed by atoms with E-state index in [1.807, 2.05) is 13.0 Å². The molecule has 54 valence electrons. The minimum Gasteiger partial charge on any atom is -0.870 e. The molecule has 0 atom stereocenters. The fourth-order valence-corrected chi connectivity index (χ4v) is 0.630. The molecule has 1 aromatic rings. The third kappa shape index (κ3) is 4.79. The number of nitrogens with zero attached hydrogens (tertiary/aromatic N) is 2. The first-order chi connectivity index (χ1) is 4.33. The fourth-order valence-electron chi connectivity index (χ4n) is 0.630. The maximum absolute atomic E-state index is 8.47. The van der Waals surface area contributed by atoms with E-state index in [1.54, 1.807) is 12.3 Å². The Hall–Kier alpha value is 0.416. The zero-order valence-corrected chi connectivity index (χ0v) is 9.77. The average molecular weight is 175 g/mol. The maximum atomic E-state index is 8.47. The minimum atomic E-state index is 0. The van der Waals surface area contributed by atoms with Gasteiger partial charge in [0, 0.05) is 11.9 Å². The van der Waals surface area contributed by atoms with Gasteiger partial charge in [0.25, 0.3) is 0 Å². The number of pyridine rings is 1. The molecule has 3 nitrogen and oxygen atoms in total. The molecule has 1 heterocycles. The van der Waals surface area contributed by atoms with Crippen LogP contribution in [0.3, 0.4) is 0 Å². The predicted molar refractivity (Wildman–Crippen MR) is 39.4 cm³/mol. The molecule has 0 aliphatic heterocycles. The number of aromatic nitrogens is 1. The van der Waals surface area contributed by atoms with E-state index >= 15 is 0 Å². The number of hydrogen-bond acceptors (Lipinski definition) is 2. The molecule has 1 rings (SSSR count). The van der Waals surface area contributed by atoms with Crippen LogP contribution < -0.4 is 51.4 Å². The van der Waals surface area contributed by atoms with Crippen molar-refractivity contribution in [2.45, 2.75) is 6.92 Å². The van der Waals surface area contributed by atoms with E-state index in [0.29, 0.717) is 5.69 Å². The molecular formula is C7H8KN2O-. The van der Waals surface area contributed by atoms with Crippen LogP contribution in [0.1, 0.15) is 11.3 Å². The fraction of sp³-hybridized carbons (Fsp3) is 0.143. The standard InChI is InChI=1S/C7H7N2.K.H2O/c1-6-2-3-9-7(4-6)5-8;;/h2-5H,1H3;;1H2/q-1;+1;/p-1. The molecule has 1 N–H and O–H groups in total. The molecule has 0 unspecified atom stereocenters. The minimum absolute atomic E-state index is 0. The second kappa shape index (κ2) is 7.09. The molecule has 0 saturated heterocycles. The molecule has 0 spiro atoms. The molecule has 0 fully saturated rings. The summed E-state index contributed by atoms with van der Waals surface area (Å²) in [4.78, 5) is 3.85. The molecule has 11 heavy (non-hydrogen) atoms. The zero-order chi connectivity index (χ0) is 6.69. The van der Waals surface area contributed by atoms with E-state index in [4.69, 9.17) is 5.41 Å². The van der Waals surface area contributed by atoms with Crippen molar-refractivity contribution in [3.63, 3.8) is 0 Å². The monoisotopic (exact) mass is 175 g/mol. The van der Waals surface area contributed by atoms with Gasteiger partial charge in [-0.15, -0.1) is 0 Å². The summed E-state index contributed by atoms with van der Waals surface area (Å²) < 4.78 is 0. The van der Waals surface area contributed by atoms with Crippen molar-refractivity contribution in [1.29, 1.82) is 0 Å². The van der Waals surface area contributed by atoms with E-state index in [1.165, 1.54) is 0 Å². The van der Waals surface area contributed by atoms with Gasteiger partial charge in [-0.25, -0.2) is 0 Å². The largest absolute Gasteiger partial charge is 1.00 e. The maximum Gasteiger partial charge on any atom is 1.00 e. The molecule has 0 aliphatic carbocycles. The van der Waals surface area contributed by atoms with Crippen LogP contribution in [0.5, 0.6) is 0 Å². The SMILES string of the molecule is Cc1ccnc(C=[N-])c1.[K+].[OH-]. The second-order valence-electron chi connectivity index (χ2n) is 1.89. The van der Waals surface area contributed by atoms with Crippen LogP contribution in [0.15, 0.2) is 18.3 Å². The van der Waals surface area contributed by atoms with Crippen molar-refractivity contribution in [3.05, 3.63) is 35.0 Å². The van der Waals surface area contributed by atoms with Crippen molar-refractivity contribution in [1.82, 2.24) is 4.98 Å². The summed E-state index contributed by atoms with van der Waals surface area (Å²) in [7, 11) is 0. The Bertz CT molecular complexity index is 227. The van der Waals surface area contributed by atoms with E-state index in [0.717, 1.165) is 11.8 Å². The Balaban J connectivity index is 0. The third-order valence-corrected chi connectivity index (χ3v) is 1.07. The normalized spacial score (nSPS) is 7.36. The van der Waals surface area contributed by atoms with Gasteiger partial charge in [0.1, 0.15) is 0 Å². The molecule has 0 bridgehead atoms. The molecule has 1 aromatic heterocycles. The van der Waals surface area contributed by atoms with Crippen molar-refractivity contribution in [2.24, 2.45) is 0 Å². The topological polar surface area (TPSA) is 65.2 Å². The van der Waals surface area contributed by atoms with Gasteiger partial charge in [-0.05, 0) is 24.6 Å². The summed E-state index contributed by atoms with van der Waals surface area (Å²) in [6.45, 7) is 1.95. The smallest absolute Gasteiger partial charge is 0.870 e. The van der Waals surface area contributed by atoms with Crippen LogP contribution in [-0.2, 0) is 0 Å². The molecule has 0 saturated carbocycles. The van der Waals surface area contributed by atoms with Gasteiger partial charge in [-0.2, -0.15) is 6.21 Å². The quantitative estimate of drug-likeness (QED) is 0.373. The van der Waals surface area contributed by atoms with Crippen LogP contribution in [0.2, 0.25) is 0 Å². The van der Waals surface area contributed by atoms with Crippen LogP contribution in [0.25, 0.3) is 5.41 Å². The van der Waals surface area contributed by atoms with Crippen molar-refractivity contribution >= 4 is 6.21 Å². The van der Waals surface area contributed by atoms with Crippen LogP contribution in [-0.4, -0.2) is 16.7 Å². The first-order valence-corrected chi connectivity index (χ1v) is 2.73. The second-order valence-corrected chi connectivity index (χ2v) is 1.89. The van der Waals surface area contributed by atoms with Gasteiger partial charge in [0.2, 0.25) is 0 Å². The van der Waals surface area contributed by atoms with Gasteiger partial charge in [0.15, 0.2) is 0 Å². The Morgan fingerprint density at radius 1 is 1.55 bits per heavy atom. The average Bonchev–Trinajstić information content (AvgIpc) is 1.88. The Morgan fingerprint density at radius 3 is 2.55 bits per heavy atom. The van der Waals surface area contributed by atoms with Gasteiger partial charge in [0.05, 0.1) is 0 Å². The summed E-state index contributed by atoms with van der Waals surface area (Å²) in [5.41, 5.74) is 1.71. The summed E-state index contributed by atoms with van der Waals surface area (Å²) in [5, 5.41) is 8.47. The summed E-state index contributed by atoms with van der Waals surface area (Å²) >= 11 is 0. The Kier molecular flexibility index (Phi) is 9.00. The number of hydrogen-bond donors (Lipinski definition) is 0. The van der Waals surface area contributed by atoms with Crippen molar-refractivity contribution < 1.29 is 56.9 Å². The van der Waals surface area contributed by atoms with Gasteiger partial charge in [-0.3, -0.25) is 4.98 Å². The third-order valence-electron chi connectivity index (χ3n) is 1.07. The number of rotatable bonds is 1. The van der Waals surface area contributed by atoms with Crippen molar-refractivity contribution in [3.8, 4) is 0 Å². The molecule has 0 amide bonds. The summed E-state index contributed by atoms with van der Waals surface area (Å²) in [6.07, 6.45) is 2.66. The summed E-state index contributed by atoms with van der Waals surface area (Å²) in [5.74, 6) is 0. The van der Waals surface area contributed by atoms with Crippen LogP contribution >= 0.6 is 0 Å². The van der Waals surface area contributed by atoms with Crippen LogP contribution in [0.4, 0.5) is 0 Å². The summed E-state index contributed by atoms with van der Waals surface area (Å²) in [6, 6.07) is 3.69. The molecule has 0 radical (unpaired) electrons. The van der Waals surface area contributed by atoms with E-state index in [9.17, 15) is 0 Å². The number of aryl methyl sites for hydroxylation is 1. The molecular weight excluding hydrogens is 167 g/mol. The van der Waals surface area contributed by atoms with Gasteiger partial charge < -0.3 is 10.9 Å². The molecule has 0 aliphatic rings. The van der Waals surface area contributed by atoms with Gasteiger partial charge >= 0.3 is 51.4 Å². The van der Waals surface area contributed by atoms with Crippen LogP contribution in [0, 0.1) is 6.92 Å². The molecule has 4 heteroatoms.